The molecule has 1 aromatic heterocycles. The van der Waals surface area contributed by atoms with E-state index in [1.165, 1.54) is 0 Å². The topological polar surface area (TPSA) is 84.7 Å². The monoisotopic (exact) mass is 391 g/mol. The zero-order chi connectivity index (χ0) is 20.6. The summed E-state index contributed by atoms with van der Waals surface area (Å²) in [6, 6.07) is 0. The predicted octanol–water partition coefficient (Wildman–Crippen LogP) is 3.39. The molecule has 0 unspecified atom stereocenters. The number of piperidine rings is 1. The van der Waals surface area contributed by atoms with Crippen molar-refractivity contribution in [3.63, 3.8) is 0 Å². The Morgan fingerprint density at radius 1 is 1.26 bits per heavy atom. The lowest BCUT2D eigenvalue weighted by atomic mass is 9.87. The number of aromatic nitrogens is 2. The van der Waals surface area contributed by atoms with E-state index >= 15 is 0 Å². The van der Waals surface area contributed by atoms with Gasteiger partial charge in [0.25, 0.3) is 0 Å². The first-order valence-electron chi connectivity index (χ1n) is 8.66. The van der Waals surface area contributed by atoms with Gasteiger partial charge in [0, 0.05) is 24.7 Å². The Kier molecular flexibility index (Phi) is 5.49. The molecule has 1 fully saturated rings. The fourth-order valence-corrected chi connectivity index (χ4v) is 3.22. The van der Waals surface area contributed by atoms with Gasteiger partial charge in [-0.25, -0.2) is 9.59 Å². The molecule has 10 heteroatoms. The number of rotatable bonds is 3. The summed E-state index contributed by atoms with van der Waals surface area (Å²) in [5.74, 6) is -0.728. The van der Waals surface area contributed by atoms with Crippen molar-refractivity contribution in [2.24, 2.45) is 0 Å². The molecule has 0 aliphatic carbocycles. The van der Waals surface area contributed by atoms with Gasteiger partial charge in [0.05, 0.1) is 12.3 Å². The van der Waals surface area contributed by atoms with E-state index in [1.54, 1.807) is 27.7 Å². The third-order valence-electron chi connectivity index (χ3n) is 4.75. The summed E-state index contributed by atoms with van der Waals surface area (Å²) in [4.78, 5) is 24.3. The highest BCUT2D eigenvalue weighted by Gasteiger charge is 2.58. The smallest absolute Gasteiger partial charge is 0.413 e. The fraction of sp³-hybridized carbons (Fsp3) is 0.706. The molecule has 1 aliphatic rings. The van der Waals surface area contributed by atoms with Crippen LogP contribution in [0.2, 0.25) is 0 Å². The summed E-state index contributed by atoms with van der Waals surface area (Å²) in [5, 5.41) is 13.2. The second kappa shape index (κ2) is 7.05. The van der Waals surface area contributed by atoms with Gasteiger partial charge in [-0.3, -0.25) is 4.68 Å². The molecule has 2 rings (SSSR count). The molecule has 2 heterocycles. The number of alkyl halides is 3. The van der Waals surface area contributed by atoms with Gasteiger partial charge in [-0.2, -0.15) is 18.3 Å². The molecular weight excluding hydrogens is 367 g/mol. The first kappa shape index (κ1) is 21.0. The number of esters is 1. The number of carbonyl (C=O) groups is 2. The largest absolute Gasteiger partial charge is 0.465 e. The van der Waals surface area contributed by atoms with E-state index in [2.05, 4.69) is 5.10 Å². The minimum Gasteiger partial charge on any atom is -0.465 e. The highest BCUT2D eigenvalue weighted by atomic mass is 19.4. The molecule has 7 nitrogen and oxygen atoms in total. The van der Waals surface area contributed by atoms with Crippen LogP contribution in [0, 0.1) is 0 Å². The second-order valence-electron chi connectivity index (χ2n) is 7.61. The van der Waals surface area contributed by atoms with Gasteiger partial charge in [0.2, 0.25) is 0 Å². The van der Waals surface area contributed by atoms with E-state index in [0.29, 0.717) is 0 Å². The standard InChI is InChI=1S/C17H24F3N3O4/c1-5-27-13(24)11-10-23(21-12(11)15(2,3)4)16(17(18,19)20)6-8-22(9-7-16)14(25)26/h10H,5-9H2,1-4H3,(H,25,26). The van der Waals surface area contributed by atoms with E-state index in [9.17, 15) is 22.8 Å². The Morgan fingerprint density at radius 3 is 2.22 bits per heavy atom. The number of carbonyl (C=O) groups excluding carboxylic acids is 1. The Hall–Kier alpha value is -2.26. The molecule has 1 N–H and O–H groups in total. The predicted molar refractivity (Wildman–Crippen MR) is 89.7 cm³/mol. The lowest BCUT2D eigenvalue weighted by Crippen LogP contribution is -2.55. The Morgan fingerprint density at radius 2 is 1.81 bits per heavy atom. The molecule has 0 bridgehead atoms. The highest BCUT2D eigenvalue weighted by molar-refractivity contribution is 5.90. The van der Waals surface area contributed by atoms with Crippen LogP contribution in [0.15, 0.2) is 6.20 Å². The van der Waals surface area contributed by atoms with Gasteiger partial charge in [0.1, 0.15) is 5.56 Å². The number of halogens is 3. The van der Waals surface area contributed by atoms with Gasteiger partial charge in [-0.1, -0.05) is 20.8 Å². The van der Waals surface area contributed by atoms with E-state index in [0.717, 1.165) is 15.8 Å². The summed E-state index contributed by atoms with van der Waals surface area (Å²) in [6.45, 7) is 6.40. The molecule has 1 aliphatic heterocycles. The molecule has 1 amide bonds. The molecule has 0 spiro atoms. The normalized spacial score (nSPS) is 17.7. The van der Waals surface area contributed by atoms with Gasteiger partial charge in [-0.05, 0) is 19.8 Å². The van der Waals surface area contributed by atoms with Crippen LogP contribution in [-0.4, -0.2) is 57.7 Å². The van der Waals surface area contributed by atoms with Crippen molar-refractivity contribution in [1.29, 1.82) is 0 Å². The number of likely N-dealkylation sites (tertiary alicyclic amines) is 1. The number of hydrogen-bond donors (Lipinski definition) is 1. The zero-order valence-corrected chi connectivity index (χ0v) is 15.8. The number of ether oxygens (including phenoxy) is 1. The third kappa shape index (κ3) is 3.89. The van der Waals surface area contributed by atoms with E-state index in [1.807, 2.05) is 0 Å². The minimum atomic E-state index is -4.66. The molecule has 152 valence electrons. The first-order valence-corrected chi connectivity index (χ1v) is 8.66. The zero-order valence-electron chi connectivity index (χ0n) is 15.8. The SMILES string of the molecule is CCOC(=O)c1cn(C2(C(F)(F)F)CCN(C(=O)O)CC2)nc1C(C)(C)C. The van der Waals surface area contributed by atoms with E-state index in [4.69, 9.17) is 9.84 Å². The third-order valence-corrected chi connectivity index (χ3v) is 4.75. The highest BCUT2D eigenvalue weighted by Crippen LogP contribution is 2.45. The maximum atomic E-state index is 14.1. The van der Waals surface area contributed by atoms with Crippen molar-refractivity contribution in [2.75, 3.05) is 19.7 Å². The summed E-state index contributed by atoms with van der Waals surface area (Å²) in [7, 11) is 0. The van der Waals surface area contributed by atoms with Gasteiger partial charge < -0.3 is 14.7 Å². The molecule has 0 saturated carbocycles. The average Bonchev–Trinajstić information content (AvgIpc) is 3.00. The van der Waals surface area contributed by atoms with Crippen molar-refractivity contribution in [1.82, 2.24) is 14.7 Å². The second-order valence-corrected chi connectivity index (χ2v) is 7.61. The van der Waals surface area contributed by atoms with Crippen molar-refractivity contribution in [3.8, 4) is 0 Å². The quantitative estimate of drug-likeness (QED) is 0.799. The summed E-state index contributed by atoms with van der Waals surface area (Å²) < 4.78 is 47.9. The van der Waals surface area contributed by atoms with Crippen LogP contribution in [0.5, 0.6) is 0 Å². The van der Waals surface area contributed by atoms with E-state index in [-0.39, 0.29) is 31.0 Å². The van der Waals surface area contributed by atoms with Crippen LogP contribution in [0.3, 0.4) is 0 Å². The van der Waals surface area contributed by atoms with Crippen LogP contribution in [0.4, 0.5) is 18.0 Å². The number of hydrogen-bond acceptors (Lipinski definition) is 4. The molecule has 0 aromatic carbocycles. The van der Waals surface area contributed by atoms with Gasteiger partial charge in [0.15, 0.2) is 5.54 Å². The van der Waals surface area contributed by atoms with E-state index < -0.39 is 42.0 Å². The molecule has 1 saturated heterocycles. The first-order chi connectivity index (χ1) is 12.3. The van der Waals surface area contributed by atoms with Crippen LogP contribution in [0.25, 0.3) is 0 Å². The van der Waals surface area contributed by atoms with Crippen LogP contribution in [-0.2, 0) is 15.7 Å². The maximum Gasteiger partial charge on any atom is 0.413 e. The van der Waals surface area contributed by atoms with Crippen LogP contribution in [0.1, 0.15) is 56.6 Å². The summed E-state index contributed by atoms with van der Waals surface area (Å²) >= 11 is 0. The van der Waals surface area contributed by atoms with Gasteiger partial charge in [-0.15, -0.1) is 0 Å². The molecular formula is C17H24F3N3O4. The van der Waals surface area contributed by atoms with Crippen molar-refractivity contribution in [3.05, 3.63) is 17.5 Å². The molecule has 0 atom stereocenters. The minimum absolute atomic E-state index is 0.00589. The molecule has 0 radical (unpaired) electrons. The van der Waals surface area contributed by atoms with Crippen LogP contribution < -0.4 is 0 Å². The summed E-state index contributed by atoms with van der Waals surface area (Å²) in [6.07, 6.45) is -5.78. The summed E-state index contributed by atoms with van der Waals surface area (Å²) in [5.41, 5.74) is -2.84. The number of amides is 1. The Labute approximate surface area is 155 Å². The van der Waals surface area contributed by atoms with Crippen LogP contribution >= 0.6 is 0 Å². The Balaban J connectivity index is 2.55. The van der Waals surface area contributed by atoms with Crippen molar-refractivity contribution < 1.29 is 32.6 Å². The van der Waals surface area contributed by atoms with Crippen molar-refractivity contribution >= 4 is 12.1 Å². The lowest BCUT2D eigenvalue weighted by Gasteiger charge is -2.42. The lowest BCUT2D eigenvalue weighted by molar-refractivity contribution is -0.230. The average molecular weight is 391 g/mol. The molecule has 27 heavy (non-hydrogen) atoms. The Bertz CT molecular complexity index is 714. The maximum absolute atomic E-state index is 14.1. The number of carboxylic acid groups (broad SMARTS) is 1. The van der Waals surface area contributed by atoms with Crippen molar-refractivity contribution in [2.45, 2.75) is 57.7 Å². The number of nitrogens with zero attached hydrogens (tertiary/aromatic N) is 3. The molecule has 1 aromatic rings. The van der Waals surface area contributed by atoms with Gasteiger partial charge >= 0.3 is 18.2 Å². The fourth-order valence-electron chi connectivity index (χ4n) is 3.22.